The molecule has 0 aromatic heterocycles. The first-order valence-corrected chi connectivity index (χ1v) is 8.45. The fraction of sp³-hybridized carbons (Fsp3) is 0.571. The number of hydrogen-bond donors (Lipinski definition) is 1. The highest BCUT2D eigenvalue weighted by Gasteiger charge is 2.27. The van der Waals surface area contributed by atoms with E-state index in [9.17, 15) is 0 Å². The Labute approximate surface area is 128 Å². The summed E-state index contributed by atoms with van der Waals surface area (Å²) in [5.74, 6) is 3.34. The van der Waals surface area contributed by atoms with E-state index in [1.807, 2.05) is 23.9 Å². The lowest BCUT2D eigenvalue weighted by atomic mass is 10.0. The Kier molecular flexibility index (Phi) is 5.57. The number of nitrogens with two attached hydrogens (primary N) is 1. The number of hydrogen-bond acceptors (Lipinski definition) is 4. The van der Waals surface area contributed by atoms with E-state index in [2.05, 4.69) is 33.9 Å². The van der Waals surface area contributed by atoms with Gasteiger partial charge in [-0.15, -0.1) is 0 Å². The largest absolute Gasteiger partial charge is 0.497 e. The number of nitrogens with zero attached hydrogens (tertiary/aromatic N) is 1. The van der Waals surface area contributed by atoms with Gasteiger partial charge in [-0.3, -0.25) is 4.90 Å². The molecule has 5 heteroatoms. The third-order valence-corrected chi connectivity index (χ3v) is 5.63. The molecule has 0 spiro atoms. The van der Waals surface area contributed by atoms with Crippen molar-refractivity contribution in [2.45, 2.75) is 18.5 Å². The summed E-state index contributed by atoms with van der Waals surface area (Å²) in [5.41, 5.74) is 7.23. The van der Waals surface area contributed by atoms with Crippen LogP contribution in [0.25, 0.3) is 0 Å². The van der Waals surface area contributed by atoms with Crippen LogP contribution in [0.5, 0.6) is 5.75 Å². The Bertz CT molecular complexity index is 424. The van der Waals surface area contributed by atoms with Crippen LogP contribution >= 0.6 is 27.7 Å². The molecule has 0 radical (unpaired) electrons. The van der Waals surface area contributed by atoms with E-state index in [0.29, 0.717) is 12.6 Å². The predicted octanol–water partition coefficient (Wildman–Crippen LogP) is 2.89. The summed E-state index contributed by atoms with van der Waals surface area (Å²) < 4.78 is 6.42. The third-order valence-electron chi connectivity index (χ3n) is 3.76. The van der Waals surface area contributed by atoms with Crippen LogP contribution in [-0.4, -0.2) is 43.1 Å². The average Bonchev–Trinajstić information content (AvgIpc) is 2.95. The maximum atomic E-state index is 6.02. The summed E-state index contributed by atoms with van der Waals surface area (Å²) in [5, 5.41) is 0. The Hall–Kier alpha value is -0.230. The van der Waals surface area contributed by atoms with Gasteiger partial charge in [0.25, 0.3) is 0 Å². The summed E-state index contributed by atoms with van der Waals surface area (Å²) in [6.45, 7) is 0.615. The van der Waals surface area contributed by atoms with Gasteiger partial charge < -0.3 is 10.5 Å². The van der Waals surface area contributed by atoms with Crippen LogP contribution in [0.15, 0.2) is 22.7 Å². The van der Waals surface area contributed by atoms with Crippen LogP contribution in [0.1, 0.15) is 18.0 Å². The Morgan fingerprint density at radius 3 is 2.95 bits per heavy atom. The normalized spacial score (nSPS) is 20.8. The molecule has 1 saturated heterocycles. The molecule has 0 saturated carbocycles. The van der Waals surface area contributed by atoms with Crippen molar-refractivity contribution < 1.29 is 4.74 Å². The van der Waals surface area contributed by atoms with E-state index in [1.165, 1.54) is 23.5 Å². The average molecular weight is 345 g/mol. The topological polar surface area (TPSA) is 38.5 Å². The molecule has 1 aliphatic heterocycles. The molecule has 1 aliphatic rings. The van der Waals surface area contributed by atoms with Gasteiger partial charge in [-0.05, 0) is 43.0 Å². The molecule has 1 aromatic carbocycles. The first kappa shape index (κ1) is 15.2. The van der Waals surface area contributed by atoms with Gasteiger partial charge in [-0.25, -0.2) is 0 Å². The van der Waals surface area contributed by atoms with Crippen molar-refractivity contribution in [3.63, 3.8) is 0 Å². The molecule has 0 aliphatic carbocycles. The SMILES string of the molecule is COc1ccc(Br)c(C(CN)N(C)C2CCSC2)c1. The van der Waals surface area contributed by atoms with Gasteiger partial charge in [0, 0.05) is 28.9 Å². The van der Waals surface area contributed by atoms with E-state index in [-0.39, 0.29) is 6.04 Å². The van der Waals surface area contributed by atoms with Crippen molar-refractivity contribution in [1.82, 2.24) is 4.90 Å². The molecular weight excluding hydrogens is 324 g/mol. The maximum Gasteiger partial charge on any atom is 0.119 e. The molecule has 2 N–H and O–H groups in total. The first-order chi connectivity index (χ1) is 9.17. The number of ether oxygens (including phenoxy) is 1. The van der Waals surface area contributed by atoms with Crippen LogP contribution in [0, 0.1) is 0 Å². The minimum atomic E-state index is 0.230. The van der Waals surface area contributed by atoms with Gasteiger partial charge in [0.05, 0.1) is 7.11 Å². The van der Waals surface area contributed by atoms with E-state index < -0.39 is 0 Å². The van der Waals surface area contributed by atoms with E-state index >= 15 is 0 Å². The number of halogens is 1. The Morgan fingerprint density at radius 1 is 1.58 bits per heavy atom. The molecule has 0 amide bonds. The van der Waals surface area contributed by atoms with E-state index in [0.717, 1.165) is 10.2 Å². The zero-order valence-electron chi connectivity index (χ0n) is 11.4. The minimum absolute atomic E-state index is 0.230. The predicted molar refractivity (Wildman–Crippen MR) is 86.0 cm³/mol. The number of benzene rings is 1. The highest BCUT2D eigenvalue weighted by molar-refractivity contribution is 9.10. The smallest absolute Gasteiger partial charge is 0.119 e. The third kappa shape index (κ3) is 3.45. The standard InChI is InChI=1S/C14H21BrN2OS/c1-17(10-5-6-19-9-10)14(8-16)12-7-11(18-2)3-4-13(12)15/h3-4,7,10,14H,5-6,8-9,16H2,1-2H3. The first-order valence-electron chi connectivity index (χ1n) is 6.50. The van der Waals surface area contributed by atoms with Crippen molar-refractivity contribution in [2.24, 2.45) is 5.73 Å². The molecule has 1 fully saturated rings. The molecular formula is C14H21BrN2OS. The monoisotopic (exact) mass is 344 g/mol. The highest BCUT2D eigenvalue weighted by atomic mass is 79.9. The fourth-order valence-electron chi connectivity index (χ4n) is 2.51. The molecule has 3 nitrogen and oxygen atoms in total. The van der Waals surface area contributed by atoms with Crippen LogP contribution in [-0.2, 0) is 0 Å². The van der Waals surface area contributed by atoms with E-state index in [1.54, 1.807) is 7.11 Å². The number of thioether (sulfide) groups is 1. The van der Waals surface area contributed by atoms with Gasteiger partial charge in [-0.2, -0.15) is 11.8 Å². The highest BCUT2D eigenvalue weighted by Crippen LogP contribution is 2.33. The Morgan fingerprint density at radius 2 is 2.37 bits per heavy atom. The summed E-state index contributed by atoms with van der Waals surface area (Å²) in [4.78, 5) is 2.42. The zero-order valence-corrected chi connectivity index (χ0v) is 13.8. The second-order valence-corrected chi connectivity index (χ2v) is 6.83. The van der Waals surface area contributed by atoms with Gasteiger partial charge >= 0.3 is 0 Å². The lowest BCUT2D eigenvalue weighted by molar-refractivity contribution is 0.192. The maximum absolute atomic E-state index is 6.02. The summed E-state index contributed by atoms with van der Waals surface area (Å²) in [7, 11) is 3.88. The van der Waals surface area contributed by atoms with Crippen molar-refractivity contribution in [3.8, 4) is 5.75 Å². The number of likely N-dealkylation sites (N-methyl/N-ethyl adjacent to an activating group) is 1. The van der Waals surface area contributed by atoms with Crippen molar-refractivity contribution in [3.05, 3.63) is 28.2 Å². The molecule has 2 atom stereocenters. The fourth-order valence-corrected chi connectivity index (χ4v) is 4.30. The molecule has 1 aromatic rings. The number of methoxy groups -OCH3 is 1. The van der Waals surface area contributed by atoms with Gasteiger partial charge in [0.15, 0.2) is 0 Å². The van der Waals surface area contributed by atoms with Gasteiger partial charge in [0.2, 0.25) is 0 Å². The summed E-state index contributed by atoms with van der Waals surface area (Å²) in [6.07, 6.45) is 1.25. The molecule has 19 heavy (non-hydrogen) atoms. The quantitative estimate of drug-likeness (QED) is 0.891. The lowest BCUT2D eigenvalue weighted by Crippen LogP contribution is -2.38. The van der Waals surface area contributed by atoms with Gasteiger partial charge in [0.1, 0.15) is 5.75 Å². The molecule has 2 rings (SSSR count). The van der Waals surface area contributed by atoms with E-state index in [4.69, 9.17) is 10.5 Å². The van der Waals surface area contributed by atoms with Crippen molar-refractivity contribution >= 4 is 27.7 Å². The lowest BCUT2D eigenvalue weighted by Gasteiger charge is -2.33. The van der Waals surface area contributed by atoms with Gasteiger partial charge in [-0.1, -0.05) is 15.9 Å². The van der Waals surface area contributed by atoms with Crippen LogP contribution in [0.4, 0.5) is 0 Å². The molecule has 106 valence electrons. The minimum Gasteiger partial charge on any atom is -0.497 e. The summed E-state index contributed by atoms with van der Waals surface area (Å²) in [6, 6.07) is 6.94. The summed E-state index contributed by atoms with van der Waals surface area (Å²) >= 11 is 5.66. The van der Waals surface area contributed by atoms with Crippen LogP contribution < -0.4 is 10.5 Å². The molecule has 1 heterocycles. The molecule has 2 unspecified atom stereocenters. The second kappa shape index (κ2) is 6.97. The van der Waals surface area contributed by atoms with Crippen molar-refractivity contribution in [1.29, 1.82) is 0 Å². The molecule has 0 bridgehead atoms. The second-order valence-electron chi connectivity index (χ2n) is 4.82. The zero-order chi connectivity index (χ0) is 13.8. The van der Waals surface area contributed by atoms with Crippen LogP contribution in [0.2, 0.25) is 0 Å². The number of rotatable bonds is 5. The van der Waals surface area contributed by atoms with Crippen LogP contribution in [0.3, 0.4) is 0 Å². The van der Waals surface area contributed by atoms with Crippen molar-refractivity contribution in [2.75, 3.05) is 32.2 Å². The Balaban J connectivity index is 2.24.